The van der Waals surface area contributed by atoms with Crippen molar-refractivity contribution in [3.63, 3.8) is 0 Å². The van der Waals surface area contributed by atoms with E-state index in [0.717, 1.165) is 23.4 Å². The SMILES string of the molecule is Cc1cccc(C(=O)N2CCc3c(N)cccc3C2)n1. The number of amides is 1. The van der Waals surface area contributed by atoms with E-state index < -0.39 is 0 Å². The van der Waals surface area contributed by atoms with Crippen LogP contribution in [0.15, 0.2) is 36.4 Å². The van der Waals surface area contributed by atoms with E-state index in [2.05, 4.69) is 4.98 Å². The lowest BCUT2D eigenvalue weighted by molar-refractivity contribution is 0.0728. The smallest absolute Gasteiger partial charge is 0.272 e. The number of aryl methyl sites for hydroxylation is 1. The fourth-order valence-electron chi connectivity index (χ4n) is 2.64. The first-order valence-corrected chi connectivity index (χ1v) is 6.74. The Balaban J connectivity index is 1.85. The molecule has 0 saturated carbocycles. The van der Waals surface area contributed by atoms with E-state index in [-0.39, 0.29) is 5.91 Å². The van der Waals surface area contributed by atoms with Crippen molar-refractivity contribution in [1.29, 1.82) is 0 Å². The minimum absolute atomic E-state index is 0.0122. The molecule has 0 fully saturated rings. The van der Waals surface area contributed by atoms with Crippen LogP contribution in [0.4, 0.5) is 5.69 Å². The molecule has 0 unspecified atom stereocenters. The number of anilines is 1. The van der Waals surface area contributed by atoms with Crippen LogP contribution in [0.2, 0.25) is 0 Å². The molecule has 3 rings (SSSR count). The monoisotopic (exact) mass is 267 g/mol. The minimum atomic E-state index is -0.0122. The number of nitrogens with two attached hydrogens (primary N) is 1. The summed E-state index contributed by atoms with van der Waals surface area (Å²) < 4.78 is 0. The molecule has 1 aromatic carbocycles. The second kappa shape index (κ2) is 4.96. The third-order valence-electron chi connectivity index (χ3n) is 3.70. The summed E-state index contributed by atoms with van der Waals surface area (Å²) in [6.07, 6.45) is 0.805. The molecule has 4 nitrogen and oxygen atoms in total. The van der Waals surface area contributed by atoms with E-state index in [1.54, 1.807) is 6.07 Å². The highest BCUT2D eigenvalue weighted by atomic mass is 16.2. The van der Waals surface area contributed by atoms with Gasteiger partial charge in [0.2, 0.25) is 0 Å². The van der Waals surface area contributed by atoms with Crippen LogP contribution in [0.25, 0.3) is 0 Å². The molecule has 2 N–H and O–H groups in total. The topological polar surface area (TPSA) is 59.2 Å². The van der Waals surface area contributed by atoms with E-state index in [9.17, 15) is 4.79 Å². The molecule has 20 heavy (non-hydrogen) atoms. The second-order valence-corrected chi connectivity index (χ2v) is 5.13. The molecule has 0 spiro atoms. The molecule has 0 atom stereocenters. The summed E-state index contributed by atoms with van der Waals surface area (Å²) in [6, 6.07) is 11.4. The molecule has 2 aromatic rings. The maximum atomic E-state index is 12.5. The fraction of sp³-hybridized carbons (Fsp3) is 0.250. The van der Waals surface area contributed by atoms with Crippen molar-refractivity contribution in [1.82, 2.24) is 9.88 Å². The Labute approximate surface area is 118 Å². The second-order valence-electron chi connectivity index (χ2n) is 5.13. The highest BCUT2D eigenvalue weighted by Crippen LogP contribution is 2.24. The number of rotatable bonds is 1. The Morgan fingerprint density at radius 2 is 2.05 bits per heavy atom. The van der Waals surface area contributed by atoms with Gasteiger partial charge in [0.15, 0.2) is 0 Å². The Kier molecular flexibility index (Phi) is 3.14. The van der Waals surface area contributed by atoms with Crippen LogP contribution in [-0.4, -0.2) is 22.3 Å². The van der Waals surface area contributed by atoms with Gasteiger partial charge in [0, 0.05) is 24.5 Å². The zero-order valence-corrected chi connectivity index (χ0v) is 11.5. The first-order valence-electron chi connectivity index (χ1n) is 6.74. The average molecular weight is 267 g/mol. The van der Waals surface area contributed by atoms with Gasteiger partial charge < -0.3 is 10.6 Å². The third kappa shape index (κ3) is 2.25. The van der Waals surface area contributed by atoms with Crippen LogP contribution in [0.3, 0.4) is 0 Å². The standard InChI is InChI=1S/C16H17N3O/c1-11-4-2-7-15(18-11)16(20)19-9-8-13-12(10-19)5-3-6-14(13)17/h2-7H,8-10,17H2,1H3. The molecule has 1 aromatic heterocycles. The lowest BCUT2D eigenvalue weighted by Gasteiger charge is -2.29. The summed E-state index contributed by atoms with van der Waals surface area (Å²) in [6.45, 7) is 3.19. The quantitative estimate of drug-likeness (QED) is 0.806. The predicted molar refractivity (Wildman–Crippen MR) is 78.3 cm³/mol. The van der Waals surface area contributed by atoms with Crippen molar-refractivity contribution in [2.75, 3.05) is 12.3 Å². The molecule has 1 aliphatic heterocycles. The van der Waals surface area contributed by atoms with E-state index >= 15 is 0 Å². The average Bonchev–Trinajstić information content (AvgIpc) is 2.46. The highest BCUT2D eigenvalue weighted by Gasteiger charge is 2.23. The summed E-state index contributed by atoms with van der Waals surface area (Å²) in [5.74, 6) is -0.0122. The summed E-state index contributed by atoms with van der Waals surface area (Å²) in [5, 5.41) is 0. The Hall–Kier alpha value is -2.36. The molecule has 0 bridgehead atoms. The van der Waals surface area contributed by atoms with Gasteiger partial charge in [0.25, 0.3) is 5.91 Å². The number of pyridine rings is 1. The molecular weight excluding hydrogens is 250 g/mol. The zero-order chi connectivity index (χ0) is 14.1. The number of hydrogen-bond donors (Lipinski definition) is 1. The Bertz CT molecular complexity index is 667. The first kappa shape index (κ1) is 12.7. The van der Waals surface area contributed by atoms with Crippen molar-refractivity contribution in [2.24, 2.45) is 0 Å². The highest BCUT2D eigenvalue weighted by molar-refractivity contribution is 5.92. The van der Waals surface area contributed by atoms with Crippen LogP contribution in [0.5, 0.6) is 0 Å². The number of nitrogen functional groups attached to an aromatic ring is 1. The normalized spacial score (nSPS) is 13.9. The fourth-order valence-corrected chi connectivity index (χ4v) is 2.64. The van der Waals surface area contributed by atoms with Crippen LogP contribution in [0.1, 0.15) is 27.3 Å². The Morgan fingerprint density at radius 3 is 2.85 bits per heavy atom. The van der Waals surface area contributed by atoms with Gasteiger partial charge >= 0.3 is 0 Å². The number of aromatic nitrogens is 1. The number of carbonyl (C=O) groups is 1. The van der Waals surface area contributed by atoms with E-state index in [4.69, 9.17) is 5.73 Å². The van der Waals surface area contributed by atoms with Crippen molar-refractivity contribution >= 4 is 11.6 Å². The molecule has 1 amide bonds. The molecule has 4 heteroatoms. The third-order valence-corrected chi connectivity index (χ3v) is 3.70. The summed E-state index contributed by atoms with van der Waals surface area (Å²) in [7, 11) is 0. The van der Waals surface area contributed by atoms with Gasteiger partial charge in [-0.1, -0.05) is 18.2 Å². The summed E-state index contributed by atoms with van der Waals surface area (Å²) in [4.78, 5) is 18.6. The molecular formula is C16H17N3O. The van der Waals surface area contributed by atoms with Crippen molar-refractivity contribution < 1.29 is 4.79 Å². The van der Waals surface area contributed by atoms with Gasteiger partial charge in [-0.15, -0.1) is 0 Å². The maximum Gasteiger partial charge on any atom is 0.272 e. The van der Waals surface area contributed by atoms with E-state index in [1.165, 1.54) is 5.56 Å². The zero-order valence-electron chi connectivity index (χ0n) is 11.5. The van der Waals surface area contributed by atoms with Gasteiger partial charge in [-0.25, -0.2) is 4.98 Å². The number of hydrogen-bond acceptors (Lipinski definition) is 3. The number of carbonyl (C=O) groups excluding carboxylic acids is 1. The van der Waals surface area contributed by atoms with Gasteiger partial charge in [0.1, 0.15) is 5.69 Å². The van der Waals surface area contributed by atoms with E-state index in [1.807, 2.05) is 42.2 Å². The summed E-state index contributed by atoms with van der Waals surface area (Å²) in [5.41, 5.74) is 10.5. The molecule has 2 heterocycles. The van der Waals surface area contributed by atoms with Crippen molar-refractivity contribution in [3.8, 4) is 0 Å². The van der Waals surface area contributed by atoms with Gasteiger partial charge in [-0.3, -0.25) is 4.79 Å². The number of benzene rings is 1. The number of fused-ring (bicyclic) bond motifs is 1. The van der Waals surface area contributed by atoms with Crippen LogP contribution < -0.4 is 5.73 Å². The van der Waals surface area contributed by atoms with E-state index in [0.29, 0.717) is 18.8 Å². The van der Waals surface area contributed by atoms with Crippen molar-refractivity contribution in [3.05, 3.63) is 58.9 Å². The molecule has 0 saturated heterocycles. The van der Waals surface area contributed by atoms with Crippen molar-refractivity contribution in [2.45, 2.75) is 19.9 Å². The molecule has 0 aliphatic carbocycles. The predicted octanol–water partition coefficient (Wildman–Crippen LogP) is 2.17. The van der Waals surface area contributed by atoms with Crippen LogP contribution in [0, 0.1) is 6.92 Å². The molecule has 1 aliphatic rings. The van der Waals surface area contributed by atoms with Gasteiger partial charge in [0.05, 0.1) is 0 Å². The summed E-state index contributed by atoms with van der Waals surface area (Å²) >= 11 is 0. The molecule has 102 valence electrons. The molecule has 0 radical (unpaired) electrons. The lowest BCUT2D eigenvalue weighted by Crippen LogP contribution is -2.36. The lowest BCUT2D eigenvalue weighted by atomic mass is 9.98. The Morgan fingerprint density at radius 1 is 1.25 bits per heavy atom. The van der Waals surface area contributed by atoms with Crippen LogP contribution in [-0.2, 0) is 13.0 Å². The minimum Gasteiger partial charge on any atom is -0.398 e. The number of nitrogens with zero attached hydrogens (tertiary/aromatic N) is 2. The van der Waals surface area contributed by atoms with Gasteiger partial charge in [-0.2, -0.15) is 0 Å². The first-order chi connectivity index (χ1) is 9.65. The maximum absolute atomic E-state index is 12.5. The van der Waals surface area contributed by atoms with Crippen LogP contribution >= 0.6 is 0 Å². The largest absolute Gasteiger partial charge is 0.398 e. The van der Waals surface area contributed by atoms with Gasteiger partial charge in [-0.05, 0) is 42.7 Å².